The van der Waals surface area contributed by atoms with Crippen molar-refractivity contribution in [2.45, 2.75) is 18.0 Å². The summed E-state index contributed by atoms with van der Waals surface area (Å²) in [5.41, 5.74) is 1.07. The zero-order valence-electron chi connectivity index (χ0n) is 19.2. The lowest BCUT2D eigenvalue weighted by molar-refractivity contribution is 0.0596. The van der Waals surface area contributed by atoms with Crippen LogP contribution in [0, 0.1) is 0 Å². The van der Waals surface area contributed by atoms with Crippen molar-refractivity contribution in [1.29, 1.82) is 0 Å². The normalized spacial score (nSPS) is 11.5. The smallest absolute Gasteiger partial charge is 0.339 e. The Balaban J connectivity index is 1.81. The zero-order valence-corrected chi connectivity index (χ0v) is 20.0. The minimum absolute atomic E-state index is 0.00122. The Bertz CT molecular complexity index is 1530. The Labute approximate surface area is 202 Å². The van der Waals surface area contributed by atoms with Crippen LogP contribution in [0.3, 0.4) is 0 Å². The summed E-state index contributed by atoms with van der Waals surface area (Å²) in [6, 6.07) is 21.8. The maximum Gasteiger partial charge on any atom is 0.339 e. The molecule has 35 heavy (non-hydrogen) atoms. The van der Waals surface area contributed by atoms with Crippen LogP contribution in [0.4, 0.5) is 0 Å². The Morgan fingerprint density at radius 2 is 1.63 bits per heavy atom. The number of esters is 1. The van der Waals surface area contributed by atoms with Crippen LogP contribution in [0.15, 0.2) is 88.6 Å². The number of carbonyl (C=O) groups excluding carboxylic acids is 1. The Morgan fingerprint density at radius 3 is 2.34 bits per heavy atom. The average molecular weight is 493 g/mol. The summed E-state index contributed by atoms with van der Waals surface area (Å²) in [5, 5.41) is 0.729. The van der Waals surface area contributed by atoms with E-state index in [1.807, 2.05) is 6.07 Å². The van der Waals surface area contributed by atoms with Gasteiger partial charge in [-0.3, -0.25) is 4.79 Å². The number of nitrogens with one attached hydrogen (secondary N) is 1. The largest absolute Gasteiger partial charge is 0.497 e. The first kappa shape index (κ1) is 24.2. The SMILES string of the molecule is COC(=O)c1ccccc1S(=O)(=O)N(Cc1ccccc1)Cc1cc2ccc(OC)cc2[nH]c1=O. The number of fused-ring (bicyclic) bond motifs is 1. The zero-order chi connectivity index (χ0) is 25.0. The number of H-pyrrole nitrogens is 1. The standard InChI is InChI=1S/C26H24N2O6S/c1-33-21-13-12-19-14-20(25(29)27-23(19)15-21)17-28(16-18-8-4-3-5-9-18)35(31,32)24-11-7-6-10-22(24)26(30)34-2/h3-15H,16-17H2,1-2H3,(H,27,29). The Hall–Kier alpha value is -3.95. The fraction of sp³-hybridized carbons (Fsp3) is 0.154. The number of aromatic amines is 1. The second-order valence-corrected chi connectivity index (χ2v) is 9.73. The van der Waals surface area contributed by atoms with Gasteiger partial charge in [0.05, 0.1) is 30.2 Å². The van der Waals surface area contributed by atoms with E-state index in [-0.39, 0.29) is 29.1 Å². The number of hydrogen-bond acceptors (Lipinski definition) is 6. The molecule has 0 bridgehead atoms. The molecule has 0 radical (unpaired) electrons. The highest BCUT2D eigenvalue weighted by atomic mass is 32.2. The summed E-state index contributed by atoms with van der Waals surface area (Å²) in [6.07, 6.45) is 0. The molecule has 4 aromatic rings. The number of carbonyl (C=O) groups is 1. The van der Waals surface area contributed by atoms with E-state index < -0.39 is 21.6 Å². The van der Waals surface area contributed by atoms with Gasteiger partial charge in [0.2, 0.25) is 10.0 Å². The van der Waals surface area contributed by atoms with E-state index in [0.717, 1.165) is 10.9 Å². The Kier molecular flexibility index (Phi) is 6.99. The van der Waals surface area contributed by atoms with Crippen molar-refractivity contribution >= 4 is 26.9 Å². The van der Waals surface area contributed by atoms with Crippen LogP contribution in [0.5, 0.6) is 5.75 Å². The summed E-state index contributed by atoms with van der Waals surface area (Å²) < 4.78 is 38.8. The maximum atomic E-state index is 13.8. The van der Waals surface area contributed by atoms with E-state index in [9.17, 15) is 18.0 Å². The van der Waals surface area contributed by atoms with Crippen LogP contribution >= 0.6 is 0 Å². The molecule has 0 aliphatic rings. The van der Waals surface area contributed by atoms with Crippen molar-refractivity contribution in [3.63, 3.8) is 0 Å². The maximum absolute atomic E-state index is 13.8. The van der Waals surface area contributed by atoms with Gasteiger partial charge < -0.3 is 14.5 Å². The summed E-state index contributed by atoms with van der Waals surface area (Å²) in [6.45, 7) is -0.206. The summed E-state index contributed by atoms with van der Waals surface area (Å²) in [5.74, 6) is -0.171. The van der Waals surface area contributed by atoms with Gasteiger partial charge in [0, 0.05) is 24.7 Å². The molecule has 0 saturated carbocycles. The minimum atomic E-state index is -4.20. The molecular weight excluding hydrogens is 468 g/mol. The van der Waals surface area contributed by atoms with E-state index in [2.05, 4.69) is 4.98 Å². The molecule has 1 heterocycles. The molecule has 180 valence electrons. The van der Waals surface area contributed by atoms with Crippen LogP contribution in [0.2, 0.25) is 0 Å². The van der Waals surface area contributed by atoms with Crippen molar-refractivity contribution in [1.82, 2.24) is 9.29 Å². The molecule has 1 N–H and O–H groups in total. The van der Waals surface area contributed by atoms with Crippen molar-refractivity contribution in [2.75, 3.05) is 14.2 Å². The second-order valence-electron chi connectivity index (χ2n) is 7.82. The van der Waals surface area contributed by atoms with Gasteiger partial charge in [-0.2, -0.15) is 4.31 Å². The number of pyridine rings is 1. The quantitative estimate of drug-likeness (QED) is 0.376. The van der Waals surface area contributed by atoms with E-state index in [4.69, 9.17) is 9.47 Å². The van der Waals surface area contributed by atoms with E-state index in [1.165, 1.54) is 36.7 Å². The first-order valence-corrected chi connectivity index (χ1v) is 12.2. The molecule has 3 aromatic carbocycles. The monoisotopic (exact) mass is 492 g/mol. The molecule has 0 atom stereocenters. The molecule has 4 rings (SSSR count). The van der Waals surface area contributed by atoms with Gasteiger partial charge in [0.1, 0.15) is 5.75 Å². The van der Waals surface area contributed by atoms with Crippen molar-refractivity contribution in [2.24, 2.45) is 0 Å². The van der Waals surface area contributed by atoms with Crippen LogP contribution in [-0.4, -0.2) is 37.9 Å². The fourth-order valence-electron chi connectivity index (χ4n) is 3.78. The lowest BCUT2D eigenvalue weighted by Crippen LogP contribution is -2.33. The van der Waals surface area contributed by atoms with Crippen LogP contribution < -0.4 is 10.3 Å². The minimum Gasteiger partial charge on any atom is -0.497 e. The van der Waals surface area contributed by atoms with Gasteiger partial charge in [-0.05, 0) is 41.3 Å². The molecular formula is C26H24N2O6S. The summed E-state index contributed by atoms with van der Waals surface area (Å²) in [4.78, 5) is 27.8. The van der Waals surface area contributed by atoms with Crippen LogP contribution in [0.1, 0.15) is 21.5 Å². The summed E-state index contributed by atoms with van der Waals surface area (Å²) >= 11 is 0. The molecule has 0 amide bonds. The molecule has 0 saturated heterocycles. The number of hydrogen-bond donors (Lipinski definition) is 1. The topological polar surface area (TPSA) is 106 Å². The third-order valence-corrected chi connectivity index (χ3v) is 7.44. The van der Waals surface area contributed by atoms with Gasteiger partial charge in [-0.15, -0.1) is 0 Å². The van der Waals surface area contributed by atoms with Gasteiger partial charge >= 0.3 is 5.97 Å². The predicted molar refractivity (Wildman–Crippen MR) is 132 cm³/mol. The van der Waals surface area contributed by atoms with E-state index in [0.29, 0.717) is 11.3 Å². The lowest BCUT2D eigenvalue weighted by atomic mass is 10.1. The van der Waals surface area contributed by atoms with Gasteiger partial charge in [-0.25, -0.2) is 13.2 Å². The van der Waals surface area contributed by atoms with Crippen LogP contribution in [-0.2, 0) is 27.8 Å². The molecule has 8 nitrogen and oxygen atoms in total. The number of aromatic nitrogens is 1. The van der Waals surface area contributed by atoms with Crippen molar-refractivity contribution < 1.29 is 22.7 Å². The molecule has 0 spiro atoms. The highest BCUT2D eigenvalue weighted by Crippen LogP contribution is 2.25. The predicted octanol–water partition coefficient (Wildman–Crippen LogP) is 3.71. The lowest BCUT2D eigenvalue weighted by Gasteiger charge is -2.23. The third kappa shape index (κ3) is 5.11. The highest BCUT2D eigenvalue weighted by molar-refractivity contribution is 7.89. The number of nitrogens with zero attached hydrogens (tertiary/aromatic N) is 1. The Morgan fingerprint density at radius 1 is 0.914 bits per heavy atom. The number of methoxy groups -OCH3 is 2. The third-order valence-electron chi connectivity index (χ3n) is 5.59. The number of ether oxygens (including phenoxy) is 2. The van der Waals surface area contributed by atoms with Gasteiger partial charge in [0.25, 0.3) is 5.56 Å². The fourth-order valence-corrected chi connectivity index (χ4v) is 5.37. The number of benzene rings is 3. The molecule has 0 fully saturated rings. The van der Waals surface area contributed by atoms with Crippen LogP contribution in [0.25, 0.3) is 10.9 Å². The molecule has 0 unspecified atom stereocenters. The van der Waals surface area contributed by atoms with E-state index >= 15 is 0 Å². The highest BCUT2D eigenvalue weighted by Gasteiger charge is 2.30. The molecule has 0 aliphatic carbocycles. The van der Waals surface area contributed by atoms with Gasteiger partial charge in [-0.1, -0.05) is 42.5 Å². The molecule has 1 aromatic heterocycles. The van der Waals surface area contributed by atoms with Crippen molar-refractivity contribution in [3.8, 4) is 5.75 Å². The summed E-state index contributed by atoms with van der Waals surface area (Å²) in [7, 11) is -1.48. The number of rotatable bonds is 8. The van der Waals surface area contributed by atoms with Crippen molar-refractivity contribution in [3.05, 3.63) is 106 Å². The molecule has 0 aliphatic heterocycles. The first-order chi connectivity index (χ1) is 16.8. The number of sulfonamides is 1. The second kappa shape index (κ2) is 10.1. The van der Waals surface area contributed by atoms with E-state index in [1.54, 1.807) is 54.6 Å². The first-order valence-electron chi connectivity index (χ1n) is 10.7. The molecule has 9 heteroatoms. The van der Waals surface area contributed by atoms with Gasteiger partial charge in [0.15, 0.2) is 0 Å². The average Bonchev–Trinajstić information content (AvgIpc) is 2.88.